The number of ketones is 1. The molecule has 0 radical (unpaired) electrons. The van der Waals surface area contributed by atoms with Crippen molar-refractivity contribution in [1.82, 2.24) is 0 Å². The van der Waals surface area contributed by atoms with Crippen LogP contribution in [0.1, 0.15) is 68.9 Å². The third kappa shape index (κ3) is 2.39. The third-order valence-corrected chi connectivity index (χ3v) is 9.86. The first kappa shape index (κ1) is 19.8. The minimum Gasteiger partial charge on any atom is -0.632 e. The maximum Gasteiger partial charge on any atom is 0.174 e. The lowest BCUT2D eigenvalue weighted by molar-refractivity contribution is -0.924. The molecule has 32 heavy (non-hydrogen) atoms. The monoisotopic (exact) mass is 439 g/mol. The van der Waals surface area contributed by atoms with Gasteiger partial charge in [-0.3, -0.25) is 4.79 Å². The molecular formula is C26H33NO5. The molecular weight excluding hydrogens is 406 g/mol. The fourth-order valence-electron chi connectivity index (χ4n) is 8.25. The molecule has 1 unspecified atom stereocenters. The number of ether oxygens (including phenoxy) is 2. The van der Waals surface area contributed by atoms with Gasteiger partial charge in [-0.25, -0.2) is 0 Å². The number of rotatable bonds is 5. The van der Waals surface area contributed by atoms with Crippen LogP contribution in [0.5, 0.6) is 11.5 Å². The molecule has 1 aromatic carbocycles. The summed E-state index contributed by atoms with van der Waals surface area (Å²) in [6, 6.07) is 3.43. The molecule has 5 atom stereocenters. The minimum atomic E-state index is -0.685. The number of aromatic hydroxyl groups is 1. The predicted molar refractivity (Wildman–Crippen MR) is 117 cm³/mol. The SMILES string of the molecule is O=C1CC[C@@]2(OCC3CCCC3)[C@H]3Cc4ccc(O)c5c4[C@@]2(CC[N+]3([O-])CC2CC2)[C@H]1O5. The molecule has 1 saturated heterocycles. The Labute approximate surface area is 189 Å². The van der Waals surface area contributed by atoms with Crippen LogP contribution in [0, 0.1) is 17.0 Å². The van der Waals surface area contributed by atoms with Gasteiger partial charge in [0.15, 0.2) is 23.4 Å². The minimum absolute atomic E-state index is 0.0976. The number of Topliss-reactive ketones (excluding diaryl/α,β-unsaturated/α-hetero) is 1. The summed E-state index contributed by atoms with van der Waals surface area (Å²) in [5.74, 6) is 1.76. The number of hydrogen-bond acceptors (Lipinski definition) is 5. The smallest absolute Gasteiger partial charge is 0.174 e. The number of carbonyl (C=O) groups is 1. The van der Waals surface area contributed by atoms with Gasteiger partial charge in [-0.05, 0) is 49.7 Å². The topological polar surface area (TPSA) is 78.8 Å². The highest BCUT2D eigenvalue weighted by Crippen LogP contribution is 2.67. The normalized spacial score (nSPS) is 42.1. The number of phenols is 1. The summed E-state index contributed by atoms with van der Waals surface area (Å²) in [6.45, 7) is 1.86. The van der Waals surface area contributed by atoms with Crippen molar-refractivity contribution < 1.29 is 24.0 Å². The van der Waals surface area contributed by atoms with Crippen LogP contribution in [-0.2, 0) is 21.4 Å². The highest BCUT2D eigenvalue weighted by atomic mass is 16.6. The lowest BCUT2D eigenvalue weighted by Crippen LogP contribution is -2.81. The summed E-state index contributed by atoms with van der Waals surface area (Å²) < 4.78 is 13.1. The first-order valence-corrected chi connectivity index (χ1v) is 12.7. The van der Waals surface area contributed by atoms with Crippen molar-refractivity contribution in [2.75, 3.05) is 19.7 Å². The lowest BCUT2D eigenvalue weighted by Gasteiger charge is -2.68. The molecule has 6 nitrogen and oxygen atoms in total. The van der Waals surface area contributed by atoms with Crippen molar-refractivity contribution in [3.05, 3.63) is 28.5 Å². The van der Waals surface area contributed by atoms with Gasteiger partial charge in [0, 0.05) is 30.7 Å². The van der Waals surface area contributed by atoms with Crippen LogP contribution in [0.15, 0.2) is 12.1 Å². The molecule has 6 heteroatoms. The van der Waals surface area contributed by atoms with Crippen molar-refractivity contribution in [1.29, 1.82) is 0 Å². The maximum atomic E-state index is 14.5. The second-order valence-corrected chi connectivity index (χ2v) is 11.5. The number of phenolic OH excluding ortho intramolecular Hbond substituents is 1. The van der Waals surface area contributed by atoms with E-state index in [-0.39, 0.29) is 22.2 Å². The summed E-state index contributed by atoms with van der Waals surface area (Å²) in [6.07, 6.45) is 8.81. The molecule has 4 fully saturated rings. The van der Waals surface area contributed by atoms with Gasteiger partial charge in [0.1, 0.15) is 11.6 Å². The van der Waals surface area contributed by atoms with E-state index in [4.69, 9.17) is 9.47 Å². The molecule has 2 heterocycles. The second kappa shape index (κ2) is 6.49. The molecule has 0 amide bonds. The van der Waals surface area contributed by atoms with Crippen molar-refractivity contribution in [2.24, 2.45) is 11.8 Å². The largest absolute Gasteiger partial charge is 0.632 e. The van der Waals surface area contributed by atoms with E-state index in [9.17, 15) is 15.1 Å². The third-order valence-electron chi connectivity index (χ3n) is 9.86. The molecule has 2 bridgehead atoms. The fourth-order valence-corrected chi connectivity index (χ4v) is 8.25. The lowest BCUT2D eigenvalue weighted by atomic mass is 9.48. The van der Waals surface area contributed by atoms with E-state index < -0.39 is 17.1 Å². The van der Waals surface area contributed by atoms with E-state index in [0.29, 0.717) is 63.0 Å². The van der Waals surface area contributed by atoms with Gasteiger partial charge in [0.25, 0.3) is 0 Å². The van der Waals surface area contributed by atoms with Crippen LogP contribution in [0.25, 0.3) is 0 Å². The van der Waals surface area contributed by atoms with Gasteiger partial charge in [0.05, 0.1) is 25.1 Å². The molecule has 4 aliphatic carbocycles. The average Bonchev–Trinajstić information content (AvgIpc) is 3.28. The Bertz CT molecular complexity index is 985. The Balaban J connectivity index is 1.41. The van der Waals surface area contributed by atoms with Crippen LogP contribution < -0.4 is 4.74 Å². The number of hydroxylamine groups is 3. The van der Waals surface area contributed by atoms with E-state index >= 15 is 0 Å². The highest BCUT2D eigenvalue weighted by molar-refractivity contribution is 5.90. The van der Waals surface area contributed by atoms with Gasteiger partial charge in [-0.2, -0.15) is 0 Å². The highest BCUT2D eigenvalue weighted by Gasteiger charge is 2.77. The van der Waals surface area contributed by atoms with Crippen LogP contribution in [0.4, 0.5) is 0 Å². The number of nitrogens with zero attached hydrogens (tertiary/aromatic N) is 1. The van der Waals surface area contributed by atoms with Crippen LogP contribution >= 0.6 is 0 Å². The van der Waals surface area contributed by atoms with E-state index in [0.717, 1.165) is 24.0 Å². The molecule has 7 rings (SSSR count). The predicted octanol–water partition coefficient (Wildman–Crippen LogP) is 3.75. The summed E-state index contributed by atoms with van der Waals surface area (Å²) in [4.78, 5) is 13.2. The van der Waals surface area contributed by atoms with Crippen molar-refractivity contribution in [3.63, 3.8) is 0 Å². The molecule has 1 spiro atoms. The van der Waals surface area contributed by atoms with Crippen LogP contribution in [-0.4, -0.2) is 53.0 Å². The quantitative estimate of drug-likeness (QED) is 0.558. The molecule has 6 aliphatic rings. The number of likely N-dealkylation sites (tertiary alicyclic amines) is 1. The van der Waals surface area contributed by atoms with E-state index in [2.05, 4.69) is 0 Å². The standard InChI is InChI=1S/C26H33NO5/c28-19-8-7-18-13-21-26(31-15-17-3-1-2-4-17)10-9-20(29)24-25(26,22(18)23(19)32-24)11-12-27(21,30)14-16-5-6-16/h7-8,16-17,21,24,28H,1-6,9-15H2/t21-,24+,25+,26-,27?/m1/s1. The molecule has 172 valence electrons. The summed E-state index contributed by atoms with van der Waals surface area (Å²) in [5, 5.41) is 25.2. The van der Waals surface area contributed by atoms with E-state index in [1.54, 1.807) is 6.07 Å². The molecule has 2 aliphatic heterocycles. The Morgan fingerprint density at radius 3 is 2.75 bits per heavy atom. The van der Waals surface area contributed by atoms with Gasteiger partial charge in [-0.15, -0.1) is 0 Å². The zero-order valence-corrected chi connectivity index (χ0v) is 18.7. The number of piperidine rings is 1. The Hall–Kier alpha value is -1.63. The summed E-state index contributed by atoms with van der Waals surface area (Å²) in [7, 11) is 0. The van der Waals surface area contributed by atoms with Crippen molar-refractivity contribution >= 4 is 5.78 Å². The summed E-state index contributed by atoms with van der Waals surface area (Å²) >= 11 is 0. The zero-order chi connectivity index (χ0) is 21.7. The Kier molecular flexibility index (Phi) is 4.01. The summed E-state index contributed by atoms with van der Waals surface area (Å²) in [5.41, 5.74) is 0.739. The first-order chi connectivity index (χ1) is 15.5. The average molecular weight is 440 g/mol. The Morgan fingerprint density at radius 1 is 1.16 bits per heavy atom. The van der Waals surface area contributed by atoms with Gasteiger partial charge in [0.2, 0.25) is 0 Å². The van der Waals surface area contributed by atoms with Crippen LogP contribution in [0.3, 0.4) is 0 Å². The van der Waals surface area contributed by atoms with Crippen molar-refractivity contribution in [2.45, 2.75) is 87.4 Å². The molecule has 0 aromatic heterocycles. The fraction of sp³-hybridized carbons (Fsp3) is 0.731. The second-order valence-electron chi connectivity index (χ2n) is 11.5. The Morgan fingerprint density at radius 2 is 1.97 bits per heavy atom. The maximum absolute atomic E-state index is 14.5. The number of quaternary nitrogens is 1. The number of hydrogen-bond donors (Lipinski definition) is 1. The van der Waals surface area contributed by atoms with Gasteiger partial charge in [-0.1, -0.05) is 18.9 Å². The van der Waals surface area contributed by atoms with Crippen molar-refractivity contribution in [3.8, 4) is 11.5 Å². The number of benzene rings is 1. The van der Waals surface area contributed by atoms with Gasteiger partial charge >= 0.3 is 0 Å². The van der Waals surface area contributed by atoms with Gasteiger partial charge < -0.3 is 24.4 Å². The first-order valence-electron chi connectivity index (χ1n) is 12.7. The van der Waals surface area contributed by atoms with Crippen LogP contribution in [0.2, 0.25) is 0 Å². The van der Waals surface area contributed by atoms with E-state index in [1.165, 1.54) is 25.7 Å². The molecule has 1 aromatic rings. The zero-order valence-electron chi connectivity index (χ0n) is 18.7. The van der Waals surface area contributed by atoms with E-state index in [1.807, 2.05) is 6.07 Å². The molecule has 3 saturated carbocycles. The number of carbonyl (C=O) groups excluding carboxylic acids is 1. The molecule has 1 N–H and O–H groups in total.